The number of benzene rings is 5. The summed E-state index contributed by atoms with van der Waals surface area (Å²) >= 11 is 12.2. The molecule has 0 saturated carbocycles. The first kappa shape index (κ1) is 40.7. The van der Waals surface area contributed by atoms with Crippen molar-refractivity contribution in [2.24, 2.45) is 5.92 Å². The summed E-state index contributed by atoms with van der Waals surface area (Å²) in [5, 5.41) is 23.1. The molecule has 11 nitrogen and oxygen atoms in total. The van der Waals surface area contributed by atoms with E-state index in [0.29, 0.717) is 65.5 Å². The summed E-state index contributed by atoms with van der Waals surface area (Å²) in [5.74, 6) is -0.472. The number of nitriles is 1. The quantitative estimate of drug-likeness (QED) is 0.135. The highest BCUT2D eigenvalue weighted by Crippen LogP contribution is 2.41. The van der Waals surface area contributed by atoms with Gasteiger partial charge in [-0.05, 0) is 100 Å². The summed E-state index contributed by atoms with van der Waals surface area (Å²) in [6, 6.07) is 31.2. The molecule has 8 rings (SSSR count). The van der Waals surface area contributed by atoms with Crippen LogP contribution in [0.2, 0.25) is 10.0 Å². The standard InChI is InChI=1S/C47H41Cl2N3O8/c48-38-14-5-30(19-39(38)49)26-58-37-12-10-33(11-13-37)44-27-59-42-22-35-21-41(52(25-36(35)23-43(42)60-44)46(54)34-15-17-57-18-16-34)45(53)51-40(47(55)56)20-28-1-6-31(7-2-28)32-8-3-29(24-50)4-9-32/h1-14,19,22-23,34,40-41,44H,15-18,20-21,25-27H2,(H,51,53)(H,55,56)/t40-,41?,44+/m0/s1. The zero-order valence-corrected chi connectivity index (χ0v) is 34.0. The predicted octanol–water partition coefficient (Wildman–Crippen LogP) is 8.12. The monoisotopic (exact) mass is 845 g/mol. The van der Waals surface area contributed by atoms with Gasteiger partial charge < -0.3 is 34.3 Å². The van der Waals surface area contributed by atoms with Crippen LogP contribution in [0.25, 0.3) is 11.1 Å². The van der Waals surface area contributed by atoms with Gasteiger partial charge in [0.2, 0.25) is 11.8 Å². The Morgan fingerprint density at radius 1 is 0.850 bits per heavy atom. The number of carbonyl (C=O) groups is 3. The zero-order valence-electron chi connectivity index (χ0n) is 32.4. The Labute approximate surface area is 357 Å². The van der Waals surface area contributed by atoms with Crippen molar-refractivity contribution in [3.8, 4) is 34.4 Å². The largest absolute Gasteiger partial charge is 0.489 e. The first-order valence-electron chi connectivity index (χ1n) is 19.7. The molecule has 0 bridgehead atoms. The molecule has 0 radical (unpaired) electrons. The second kappa shape index (κ2) is 18.1. The topological polar surface area (TPSA) is 147 Å². The number of ether oxygens (including phenoxy) is 4. The molecule has 3 aliphatic rings. The van der Waals surface area contributed by atoms with E-state index >= 15 is 0 Å². The Balaban J connectivity index is 0.965. The van der Waals surface area contributed by atoms with Crippen LogP contribution in [-0.2, 0) is 45.1 Å². The SMILES string of the molecule is N#Cc1ccc(-c2ccc(C[C@H](NC(=O)C3Cc4cc5c(cc4CN3C(=O)C3CCOCC3)O[C@@H](c3ccc(OCc4ccc(Cl)c(Cl)c4)cc3)CO5)C(=O)O)cc2)cc1. The lowest BCUT2D eigenvalue weighted by molar-refractivity contribution is -0.149. The second-order valence-corrected chi connectivity index (χ2v) is 16.0. The van der Waals surface area contributed by atoms with Gasteiger partial charge in [-0.25, -0.2) is 4.79 Å². The minimum absolute atomic E-state index is 0.0419. The van der Waals surface area contributed by atoms with Crippen LogP contribution in [0.4, 0.5) is 0 Å². The van der Waals surface area contributed by atoms with Crippen molar-refractivity contribution in [3.63, 3.8) is 0 Å². The Morgan fingerprint density at radius 2 is 1.53 bits per heavy atom. The normalized spacial score (nSPS) is 17.8. The molecule has 13 heteroatoms. The van der Waals surface area contributed by atoms with E-state index in [1.54, 1.807) is 29.2 Å². The van der Waals surface area contributed by atoms with Gasteiger partial charge in [-0.15, -0.1) is 0 Å². The third kappa shape index (κ3) is 9.21. The van der Waals surface area contributed by atoms with Gasteiger partial charge in [0.05, 0.1) is 21.7 Å². The maximum atomic E-state index is 14.2. The summed E-state index contributed by atoms with van der Waals surface area (Å²) in [6.45, 7) is 1.62. The van der Waals surface area contributed by atoms with Gasteiger partial charge >= 0.3 is 5.97 Å². The van der Waals surface area contributed by atoms with Gasteiger partial charge in [0, 0.05) is 38.5 Å². The van der Waals surface area contributed by atoms with E-state index in [2.05, 4.69) is 11.4 Å². The number of hydrogen-bond donors (Lipinski definition) is 2. The average molecular weight is 847 g/mol. The average Bonchev–Trinajstić information content (AvgIpc) is 3.28. The van der Waals surface area contributed by atoms with Gasteiger partial charge in [-0.1, -0.05) is 77.8 Å². The summed E-state index contributed by atoms with van der Waals surface area (Å²) in [7, 11) is 0. The van der Waals surface area contributed by atoms with Crippen molar-refractivity contribution in [2.45, 2.75) is 57.0 Å². The number of carboxylic acids is 1. The third-order valence-electron chi connectivity index (χ3n) is 11.2. The molecule has 0 spiro atoms. The molecular formula is C47H41Cl2N3O8. The maximum Gasteiger partial charge on any atom is 0.326 e. The van der Waals surface area contributed by atoms with Crippen LogP contribution in [0.3, 0.4) is 0 Å². The van der Waals surface area contributed by atoms with Crippen molar-refractivity contribution in [3.05, 3.63) is 147 Å². The number of hydrogen-bond acceptors (Lipinski definition) is 8. The van der Waals surface area contributed by atoms with E-state index in [9.17, 15) is 19.5 Å². The van der Waals surface area contributed by atoms with Crippen LogP contribution >= 0.6 is 23.2 Å². The number of aliphatic carboxylic acids is 1. The molecule has 60 heavy (non-hydrogen) atoms. The molecule has 2 N–H and O–H groups in total. The van der Waals surface area contributed by atoms with Crippen molar-refractivity contribution >= 4 is 41.0 Å². The third-order valence-corrected chi connectivity index (χ3v) is 11.9. The first-order valence-corrected chi connectivity index (χ1v) is 20.5. The Morgan fingerprint density at radius 3 is 2.22 bits per heavy atom. The lowest BCUT2D eigenvalue weighted by atomic mass is 9.89. The molecular weight excluding hydrogens is 805 g/mol. The lowest BCUT2D eigenvalue weighted by Gasteiger charge is -2.39. The Kier molecular flexibility index (Phi) is 12.2. The fraction of sp³-hybridized carbons (Fsp3) is 0.277. The number of amides is 2. The molecule has 306 valence electrons. The highest BCUT2D eigenvalue weighted by atomic mass is 35.5. The smallest absolute Gasteiger partial charge is 0.326 e. The molecule has 5 aromatic carbocycles. The first-order chi connectivity index (χ1) is 29.1. The van der Waals surface area contributed by atoms with Crippen LogP contribution in [-0.4, -0.2) is 59.7 Å². The molecule has 3 atom stereocenters. The van der Waals surface area contributed by atoms with E-state index in [-0.39, 0.29) is 37.8 Å². The van der Waals surface area contributed by atoms with Crippen molar-refractivity contribution < 1.29 is 38.4 Å². The molecule has 1 unspecified atom stereocenters. The summed E-state index contributed by atoms with van der Waals surface area (Å²) < 4.78 is 24.2. The van der Waals surface area contributed by atoms with E-state index in [1.807, 2.05) is 78.9 Å². The molecule has 0 aromatic heterocycles. The molecule has 3 aliphatic heterocycles. The number of halogens is 2. The second-order valence-electron chi connectivity index (χ2n) is 15.2. The number of nitrogens with one attached hydrogen (secondary N) is 1. The fourth-order valence-corrected chi connectivity index (χ4v) is 8.13. The van der Waals surface area contributed by atoms with E-state index in [1.165, 1.54) is 0 Å². The Hall–Kier alpha value is -6.06. The maximum absolute atomic E-state index is 14.2. The predicted molar refractivity (Wildman–Crippen MR) is 224 cm³/mol. The van der Waals surface area contributed by atoms with Crippen molar-refractivity contribution in [2.75, 3.05) is 19.8 Å². The molecule has 2 amide bonds. The van der Waals surface area contributed by atoms with Crippen LogP contribution in [0.5, 0.6) is 17.2 Å². The summed E-state index contributed by atoms with van der Waals surface area (Å²) in [5.41, 5.74) is 6.53. The van der Waals surface area contributed by atoms with Crippen LogP contribution in [0.15, 0.2) is 103 Å². The number of carboxylic acid groups (broad SMARTS) is 1. The lowest BCUT2D eigenvalue weighted by Crippen LogP contribution is -2.57. The van der Waals surface area contributed by atoms with Crippen molar-refractivity contribution in [1.82, 2.24) is 10.2 Å². The molecule has 5 aromatic rings. The van der Waals surface area contributed by atoms with Gasteiger partial charge in [0.1, 0.15) is 31.0 Å². The zero-order chi connectivity index (χ0) is 41.8. The van der Waals surface area contributed by atoms with E-state index in [4.69, 9.17) is 47.4 Å². The van der Waals surface area contributed by atoms with Crippen LogP contribution in [0, 0.1) is 17.2 Å². The van der Waals surface area contributed by atoms with Gasteiger partial charge in [-0.2, -0.15) is 5.26 Å². The van der Waals surface area contributed by atoms with E-state index < -0.39 is 30.1 Å². The van der Waals surface area contributed by atoms with Crippen LogP contribution in [0.1, 0.15) is 52.3 Å². The highest BCUT2D eigenvalue weighted by Gasteiger charge is 2.40. The fourth-order valence-electron chi connectivity index (χ4n) is 7.81. The number of nitrogens with zero attached hydrogens (tertiary/aromatic N) is 2. The van der Waals surface area contributed by atoms with E-state index in [0.717, 1.165) is 38.9 Å². The summed E-state index contributed by atoms with van der Waals surface area (Å²) in [6.07, 6.45) is 0.886. The number of fused-ring (bicyclic) bond motifs is 2. The molecule has 0 aliphatic carbocycles. The minimum Gasteiger partial charge on any atom is -0.489 e. The number of rotatable bonds is 11. The highest BCUT2D eigenvalue weighted by molar-refractivity contribution is 6.42. The molecule has 1 fully saturated rings. The number of carbonyl (C=O) groups excluding carboxylic acids is 2. The van der Waals surface area contributed by atoms with Gasteiger partial charge in [0.25, 0.3) is 0 Å². The summed E-state index contributed by atoms with van der Waals surface area (Å²) in [4.78, 5) is 42.5. The minimum atomic E-state index is -1.24. The van der Waals surface area contributed by atoms with Crippen LogP contribution < -0.4 is 19.5 Å². The van der Waals surface area contributed by atoms with Gasteiger partial charge in [-0.3, -0.25) is 9.59 Å². The van der Waals surface area contributed by atoms with Crippen molar-refractivity contribution in [1.29, 1.82) is 5.26 Å². The van der Waals surface area contributed by atoms with Gasteiger partial charge in [0.15, 0.2) is 17.6 Å². The Bertz CT molecular complexity index is 2430. The molecule has 3 heterocycles. The molecule has 1 saturated heterocycles.